The highest BCUT2D eigenvalue weighted by Crippen LogP contribution is 2.38. The highest BCUT2D eigenvalue weighted by molar-refractivity contribution is 6.74. The van der Waals surface area contributed by atoms with Crippen LogP contribution in [0, 0.1) is 5.92 Å². The van der Waals surface area contributed by atoms with Crippen LogP contribution in [0.3, 0.4) is 0 Å². The molecule has 0 N–H and O–H groups in total. The summed E-state index contributed by atoms with van der Waals surface area (Å²) in [5, 5.41) is 0.163. The molecule has 0 saturated carbocycles. The first kappa shape index (κ1) is 32.1. The summed E-state index contributed by atoms with van der Waals surface area (Å²) in [6.07, 6.45) is 12.3. The lowest BCUT2D eigenvalue weighted by molar-refractivity contribution is -0.0530. The van der Waals surface area contributed by atoms with Crippen molar-refractivity contribution in [3.8, 4) is 0 Å². The second-order valence-electron chi connectivity index (χ2n) is 12.6. The van der Waals surface area contributed by atoms with E-state index in [1.165, 1.54) is 5.57 Å². The van der Waals surface area contributed by atoms with Crippen molar-refractivity contribution in [2.45, 2.75) is 122 Å². The van der Waals surface area contributed by atoms with Crippen molar-refractivity contribution in [1.82, 2.24) is 0 Å². The molecule has 0 spiro atoms. The number of rotatable bonds is 14. The fourth-order valence-electron chi connectivity index (χ4n) is 3.92. The van der Waals surface area contributed by atoms with E-state index in [0.29, 0.717) is 0 Å². The predicted molar refractivity (Wildman–Crippen MR) is 156 cm³/mol. The monoisotopic (exact) mass is 522 g/mol. The van der Waals surface area contributed by atoms with Gasteiger partial charge in [0.15, 0.2) is 8.32 Å². The van der Waals surface area contributed by atoms with Crippen molar-refractivity contribution in [1.29, 1.82) is 0 Å². The standard InChI is InChI=1S/C29H54O4Si2/c1-14-22(2)18-19-27(33-35(12,13)29(5,6)7)20-25-16-15-17-26(31-25)21-28(30-8)23(3)24(4)32-34(9,10)11/h14-16,18,23,25-28H,1,4,17,19-21H2,2-3,5-13H3/b22-18+/t23-,25-,26-,27-,28-/m0/s1. The molecule has 1 aliphatic rings. The van der Waals surface area contributed by atoms with Gasteiger partial charge in [0.1, 0.15) is 0 Å². The molecule has 0 unspecified atom stereocenters. The van der Waals surface area contributed by atoms with Crippen LogP contribution < -0.4 is 0 Å². The zero-order valence-electron chi connectivity index (χ0n) is 24.6. The highest BCUT2D eigenvalue weighted by atomic mass is 28.4. The van der Waals surface area contributed by atoms with Gasteiger partial charge < -0.3 is 18.3 Å². The minimum Gasteiger partial charge on any atom is -0.547 e. The smallest absolute Gasteiger partial charge is 0.241 e. The second kappa shape index (κ2) is 13.6. The number of ether oxygens (including phenoxy) is 2. The summed E-state index contributed by atoms with van der Waals surface area (Å²) in [4.78, 5) is 0. The van der Waals surface area contributed by atoms with Gasteiger partial charge >= 0.3 is 0 Å². The molecule has 202 valence electrons. The van der Waals surface area contributed by atoms with Crippen LogP contribution in [0.2, 0.25) is 37.8 Å². The zero-order valence-corrected chi connectivity index (χ0v) is 26.6. The van der Waals surface area contributed by atoms with Gasteiger partial charge in [-0.1, -0.05) is 70.7 Å². The van der Waals surface area contributed by atoms with Gasteiger partial charge in [-0.05, 0) is 57.5 Å². The maximum absolute atomic E-state index is 6.85. The second-order valence-corrected chi connectivity index (χ2v) is 21.7. The fourth-order valence-corrected chi connectivity index (χ4v) is 6.27. The van der Waals surface area contributed by atoms with E-state index in [2.05, 4.69) is 98.7 Å². The van der Waals surface area contributed by atoms with Crippen molar-refractivity contribution in [2.75, 3.05) is 7.11 Å². The van der Waals surface area contributed by atoms with Gasteiger partial charge in [-0.15, -0.1) is 0 Å². The quantitative estimate of drug-likeness (QED) is 0.0993. The largest absolute Gasteiger partial charge is 0.547 e. The molecule has 4 nitrogen and oxygen atoms in total. The topological polar surface area (TPSA) is 36.9 Å². The minimum atomic E-state index is -1.91. The van der Waals surface area contributed by atoms with Crippen LogP contribution in [0.15, 0.2) is 48.8 Å². The van der Waals surface area contributed by atoms with Crippen molar-refractivity contribution >= 4 is 16.6 Å². The third kappa shape index (κ3) is 11.3. The number of hydrogen-bond acceptors (Lipinski definition) is 4. The van der Waals surface area contributed by atoms with Gasteiger partial charge in [0.25, 0.3) is 0 Å². The normalized spacial score (nSPS) is 22.4. The molecular weight excluding hydrogens is 468 g/mol. The van der Waals surface area contributed by atoms with Gasteiger partial charge in [0.05, 0.1) is 30.2 Å². The first-order valence-corrected chi connectivity index (χ1v) is 19.5. The zero-order chi connectivity index (χ0) is 27.0. The molecule has 35 heavy (non-hydrogen) atoms. The molecule has 0 fully saturated rings. The maximum atomic E-state index is 6.85. The molecule has 1 rings (SSSR count). The van der Waals surface area contributed by atoms with Crippen molar-refractivity contribution < 1.29 is 18.3 Å². The molecule has 1 aliphatic heterocycles. The van der Waals surface area contributed by atoms with Crippen LogP contribution in [0.4, 0.5) is 0 Å². The van der Waals surface area contributed by atoms with Gasteiger partial charge in [0.2, 0.25) is 8.32 Å². The third-order valence-corrected chi connectivity index (χ3v) is 12.6. The summed E-state index contributed by atoms with van der Waals surface area (Å²) in [6.45, 7) is 30.4. The van der Waals surface area contributed by atoms with E-state index >= 15 is 0 Å². The van der Waals surface area contributed by atoms with Gasteiger partial charge in [0, 0.05) is 25.9 Å². The van der Waals surface area contributed by atoms with E-state index < -0.39 is 16.6 Å². The highest BCUT2D eigenvalue weighted by Gasteiger charge is 2.39. The molecule has 6 heteroatoms. The molecule has 0 saturated heterocycles. The summed E-state index contributed by atoms with van der Waals surface area (Å²) in [7, 11) is -1.83. The average Bonchev–Trinajstić information content (AvgIpc) is 2.73. The minimum absolute atomic E-state index is 0.00783. The molecule has 0 aromatic carbocycles. The number of allylic oxidation sites excluding steroid dienone is 2. The Morgan fingerprint density at radius 3 is 2.31 bits per heavy atom. The van der Waals surface area contributed by atoms with E-state index in [1.807, 2.05) is 6.08 Å². The van der Waals surface area contributed by atoms with E-state index in [-0.39, 0.29) is 35.4 Å². The Morgan fingerprint density at radius 2 is 1.80 bits per heavy atom. The van der Waals surface area contributed by atoms with Crippen molar-refractivity contribution in [3.05, 3.63) is 48.8 Å². The van der Waals surface area contributed by atoms with E-state index in [1.54, 1.807) is 7.11 Å². The Hall–Kier alpha value is -0.926. The molecule has 0 bridgehead atoms. The van der Waals surface area contributed by atoms with Crippen LogP contribution in [0.25, 0.3) is 0 Å². The maximum Gasteiger partial charge on any atom is 0.241 e. The predicted octanol–water partition coefficient (Wildman–Crippen LogP) is 8.41. The Balaban J connectivity index is 2.89. The lowest BCUT2D eigenvalue weighted by atomic mass is 9.94. The first-order valence-electron chi connectivity index (χ1n) is 13.2. The molecule has 0 radical (unpaired) electrons. The molecule has 0 aromatic heterocycles. The van der Waals surface area contributed by atoms with E-state index in [9.17, 15) is 0 Å². The fraction of sp³-hybridized carbons (Fsp3) is 0.724. The van der Waals surface area contributed by atoms with Crippen LogP contribution >= 0.6 is 0 Å². The molecule has 5 atom stereocenters. The summed E-state index contributed by atoms with van der Waals surface area (Å²) in [6, 6.07) is 0. The Kier molecular flexibility index (Phi) is 12.4. The van der Waals surface area contributed by atoms with Gasteiger partial charge in [-0.2, -0.15) is 0 Å². The average molecular weight is 523 g/mol. The molecule has 0 aromatic rings. The summed E-state index contributed by atoms with van der Waals surface area (Å²) >= 11 is 0. The Morgan fingerprint density at radius 1 is 1.17 bits per heavy atom. The van der Waals surface area contributed by atoms with Gasteiger partial charge in [-0.25, -0.2) is 0 Å². The lowest BCUT2D eigenvalue weighted by Crippen LogP contribution is -2.45. The van der Waals surface area contributed by atoms with Crippen LogP contribution in [0.5, 0.6) is 0 Å². The van der Waals surface area contributed by atoms with Crippen molar-refractivity contribution in [2.24, 2.45) is 5.92 Å². The molecule has 0 aliphatic carbocycles. The third-order valence-electron chi connectivity index (χ3n) is 7.21. The van der Waals surface area contributed by atoms with E-state index in [4.69, 9.17) is 18.3 Å². The molecular formula is C29H54O4Si2. The Bertz CT molecular complexity index is 743. The van der Waals surface area contributed by atoms with Crippen LogP contribution in [0.1, 0.15) is 60.3 Å². The Labute approximate surface area is 219 Å². The SMILES string of the molecule is C=C/C(C)=C/C[C@@H](C[C@@H]1C=CC[C@@H](C[C@H](OC)[C@@H](C)C(=C)O[Si](C)(C)C)O1)O[Si](C)(C)C(C)(C)C. The van der Waals surface area contributed by atoms with E-state index in [0.717, 1.165) is 31.4 Å². The summed E-state index contributed by atoms with van der Waals surface area (Å²) < 4.78 is 25.5. The van der Waals surface area contributed by atoms with Crippen LogP contribution in [-0.2, 0) is 18.3 Å². The number of methoxy groups -OCH3 is 1. The number of hydrogen-bond donors (Lipinski definition) is 0. The van der Waals surface area contributed by atoms with Crippen LogP contribution in [-0.4, -0.2) is 48.2 Å². The lowest BCUT2D eigenvalue weighted by Gasteiger charge is -2.40. The first-order chi connectivity index (χ1) is 16.0. The summed E-state index contributed by atoms with van der Waals surface area (Å²) in [5.41, 5.74) is 1.18. The van der Waals surface area contributed by atoms with Gasteiger partial charge in [-0.3, -0.25) is 0 Å². The van der Waals surface area contributed by atoms with Crippen molar-refractivity contribution in [3.63, 3.8) is 0 Å². The molecule has 0 amide bonds. The summed E-state index contributed by atoms with van der Waals surface area (Å²) in [5.74, 6) is 0.937. The molecule has 1 heterocycles.